The average Bonchev–Trinajstić information content (AvgIpc) is 3.09. The van der Waals surface area contributed by atoms with E-state index >= 15 is 0 Å². The molecule has 1 amide bonds. The number of carboxylic acid groups (broad SMARTS) is 1. The number of nitrogens with one attached hydrogen (secondary N) is 1. The van der Waals surface area contributed by atoms with Crippen LogP contribution in [0.4, 0.5) is 23.7 Å². The highest BCUT2D eigenvalue weighted by Crippen LogP contribution is 2.33. The Morgan fingerprint density at radius 2 is 1.90 bits per heavy atom. The van der Waals surface area contributed by atoms with E-state index in [4.69, 9.17) is 9.84 Å². The highest BCUT2D eigenvalue weighted by Gasteiger charge is 2.31. The number of anilines is 1. The van der Waals surface area contributed by atoms with Gasteiger partial charge in [-0.25, -0.2) is 19.4 Å². The van der Waals surface area contributed by atoms with Crippen LogP contribution in [-0.2, 0) is 11.3 Å². The fourth-order valence-corrected chi connectivity index (χ4v) is 3.50. The molecule has 11 heteroatoms. The van der Waals surface area contributed by atoms with Crippen LogP contribution in [0.25, 0.3) is 22.4 Å². The number of amides is 1. The van der Waals surface area contributed by atoms with E-state index < -0.39 is 18.8 Å². The summed E-state index contributed by atoms with van der Waals surface area (Å²) in [6.07, 6.45) is -2.84. The van der Waals surface area contributed by atoms with Gasteiger partial charge in [0.25, 0.3) is 0 Å². The van der Waals surface area contributed by atoms with Crippen molar-refractivity contribution < 1.29 is 27.8 Å². The second-order valence-corrected chi connectivity index (χ2v) is 6.98. The first-order chi connectivity index (χ1) is 14.3. The molecule has 1 fully saturated rings. The molecular weight excluding hydrogens is 403 g/mol. The number of rotatable bonds is 4. The smallest absolute Gasteiger partial charge is 0.409 e. The van der Waals surface area contributed by atoms with Crippen LogP contribution in [-0.4, -0.2) is 50.3 Å². The monoisotopic (exact) mass is 421 g/mol. The molecule has 8 nitrogen and oxygen atoms in total. The second-order valence-electron chi connectivity index (χ2n) is 6.98. The Hall–Kier alpha value is -3.21. The van der Waals surface area contributed by atoms with Crippen LogP contribution in [0.2, 0.25) is 0 Å². The largest absolute Gasteiger partial charge is 0.465 e. The first kappa shape index (κ1) is 20.1. The van der Waals surface area contributed by atoms with Crippen molar-refractivity contribution in [3.8, 4) is 11.4 Å². The van der Waals surface area contributed by atoms with Crippen molar-refractivity contribution in [3.05, 3.63) is 36.2 Å². The number of nitrogens with zero attached hydrogens (tertiary/aromatic N) is 4. The molecule has 0 aliphatic carbocycles. The van der Waals surface area contributed by atoms with Crippen LogP contribution in [0.1, 0.15) is 24.5 Å². The Morgan fingerprint density at radius 1 is 1.20 bits per heavy atom. The van der Waals surface area contributed by atoms with Crippen LogP contribution in [0.3, 0.4) is 0 Å². The van der Waals surface area contributed by atoms with Gasteiger partial charge >= 0.3 is 12.3 Å². The molecule has 0 saturated carbocycles. The van der Waals surface area contributed by atoms with Crippen molar-refractivity contribution in [2.24, 2.45) is 0 Å². The molecule has 3 aromatic rings. The molecule has 3 heterocycles. The van der Waals surface area contributed by atoms with Gasteiger partial charge in [-0.05, 0) is 37.1 Å². The van der Waals surface area contributed by atoms with E-state index in [0.29, 0.717) is 48.4 Å². The third-order valence-corrected chi connectivity index (χ3v) is 4.86. The molecule has 1 saturated heterocycles. The Labute approximate surface area is 168 Å². The van der Waals surface area contributed by atoms with Gasteiger partial charge in [0.1, 0.15) is 6.54 Å². The summed E-state index contributed by atoms with van der Waals surface area (Å²) in [5, 5.41) is 15.4. The quantitative estimate of drug-likeness (QED) is 0.659. The van der Waals surface area contributed by atoms with E-state index in [2.05, 4.69) is 20.4 Å². The Bertz CT molecular complexity index is 1060. The Morgan fingerprint density at radius 3 is 2.53 bits per heavy atom. The van der Waals surface area contributed by atoms with Gasteiger partial charge in [-0.2, -0.15) is 18.3 Å². The maximum atomic E-state index is 13.0. The molecule has 2 aromatic heterocycles. The predicted octanol–water partition coefficient (Wildman–Crippen LogP) is 4.04. The minimum atomic E-state index is -4.44. The van der Waals surface area contributed by atoms with Gasteiger partial charge in [0.15, 0.2) is 11.5 Å². The van der Waals surface area contributed by atoms with Crippen molar-refractivity contribution in [2.75, 3.05) is 18.5 Å². The minimum absolute atomic E-state index is 0.0273. The molecule has 0 unspecified atom stereocenters. The first-order valence-electron chi connectivity index (χ1n) is 9.28. The SMILES string of the molecule is O=C(O)Nc1ccc(-c2nc(C3CCOCC3)c3cnn(CC(F)(F)F)c3n2)cc1. The van der Waals surface area contributed by atoms with E-state index in [0.717, 1.165) is 4.68 Å². The molecule has 1 aromatic carbocycles. The van der Waals surface area contributed by atoms with Crippen molar-refractivity contribution in [1.82, 2.24) is 19.7 Å². The number of hydrogen-bond acceptors (Lipinski definition) is 5. The van der Waals surface area contributed by atoms with Crippen LogP contribution >= 0.6 is 0 Å². The zero-order valence-corrected chi connectivity index (χ0v) is 15.7. The van der Waals surface area contributed by atoms with Crippen LogP contribution < -0.4 is 5.32 Å². The molecule has 0 bridgehead atoms. The fourth-order valence-electron chi connectivity index (χ4n) is 3.50. The van der Waals surface area contributed by atoms with Gasteiger partial charge in [0.2, 0.25) is 0 Å². The fraction of sp³-hybridized carbons (Fsp3) is 0.368. The average molecular weight is 421 g/mol. The maximum absolute atomic E-state index is 13.0. The van der Waals surface area contributed by atoms with Crippen LogP contribution in [0.5, 0.6) is 0 Å². The van der Waals surface area contributed by atoms with E-state index in [-0.39, 0.29) is 17.4 Å². The van der Waals surface area contributed by atoms with Gasteiger partial charge in [0, 0.05) is 30.4 Å². The molecular formula is C19H18F3N5O3. The summed E-state index contributed by atoms with van der Waals surface area (Å²) in [5.41, 5.74) is 1.69. The van der Waals surface area contributed by atoms with Gasteiger partial charge in [-0.1, -0.05) is 0 Å². The first-order valence-corrected chi connectivity index (χ1v) is 9.28. The Kier molecular flexibility index (Phi) is 5.29. The van der Waals surface area contributed by atoms with Gasteiger partial charge in [0.05, 0.1) is 17.3 Å². The summed E-state index contributed by atoms with van der Waals surface area (Å²) >= 11 is 0. The Balaban J connectivity index is 1.80. The van der Waals surface area contributed by atoms with Crippen molar-refractivity contribution >= 4 is 22.8 Å². The summed E-state index contributed by atoms with van der Waals surface area (Å²) in [7, 11) is 0. The normalized spacial score (nSPS) is 15.4. The molecule has 1 aliphatic rings. The lowest BCUT2D eigenvalue weighted by Gasteiger charge is -2.22. The van der Waals surface area contributed by atoms with Gasteiger partial charge in [-0.15, -0.1) is 0 Å². The zero-order chi connectivity index (χ0) is 21.3. The molecule has 30 heavy (non-hydrogen) atoms. The zero-order valence-electron chi connectivity index (χ0n) is 15.7. The summed E-state index contributed by atoms with van der Waals surface area (Å²) < 4.78 is 45.2. The van der Waals surface area contributed by atoms with Crippen molar-refractivity contribution in [2.45, 2.75) is 31.5 Å². The molecule has 0 radical (unpaired) electrons. The number of ether oxygens (including phenoxy) is 1. The standard InChI is InChI=1S/C19H18F3N5O3/c20-19(21,22)10-27-17-14(9-23-27)15(11-5-7-30-8-6-11)25-16(26-17)12-1-3-13(4-2-12)24-18(28)29/h1-4,9,11,24H,5-8,10H2,(H,28,29). The second kappa shape index (κ2) is 7.90. The van der Waals surface area contributed by atoms with E-state index in [1.54, 1.807) is 12.1 Å². The number of carbonyl (C=O) groups is 1. The molecule has 1 aliphatic heterocycles. The maximum Gasteiger partial charge on any atom is 0.409 e. The molecule has 2 N–H and O–H groups in total. The summed E-state index contributed by atoms with van der Waals surface area (Å²) in [4.78, 5) is 19.8. The van der Waals surface area contributed by atoms with E-state index in [9.17, 15) is 18.0 Å². The lowest BCUT2D eigenvalue weighted by Crippen LogP contribution is -2.19. The van der Waals surface area contributed by atoms with Gasteiger partial charge in [-0.3, -0.25) is 5.32 Å². The summed E-state index contributed by atoms with van der Waals surface area (Å²) in [6, 6.07) is 6.31. The minimum Gasteiger partial charge on any atom is -0.465 e. The van der Waals surface area contributed by atoms with Crippen LogP contribution in [0, 0.1) is 0 Å². The summed E-state index contributed by atoms with van der Waals surface area (Å²) in [5.74, 6) is 0.286. The number of hydrogen-bond donors (Lipinski definition) is 2. The number of aromatic nitrogens is 4. The van der Waals surface area contributed by atoms with Crippen molar-refractivity contribution in [1.29, 1.82) is 0 Å². The number of fused-ring (bicyclic) bond motifs is 1. The van der Waals surface area contributed by atoms with Crippen molar-refractivity contribution in [3.63, 3.8) is 0 Å². The number of alkyl halides is 3. The molecule has 4 rings (SSSR count). The third-order valence-electron chi connectivity index (χ3n) is 4.86. The van der Waals surface area contributed by atoms with Crippen LogP contribution in [0.15, 0.2) is 30.5 Å². The van der Waals surface area contributed by atoms with E-state index in [1.807, 2.05) is 0 Å². The lowest BCUT2D eigenvalue weighted by molar-refractivity contribution is -0.141. The molecule has 158 valence electrons. The summed E-state index contributed by atoms with van der Waals surface area (Å²) in [6.45, 7) is -0.142. The number of benzene rings is 1. The lowest BCUT2D eigenvalue weighted by atomic mass is 9.94. The van der Waals surface area contributed by atoms with Gasteiger partial charge < -0.3 is 9.84 Å². The van der Waals surface area contributed by atoms with E-state index in [1.165, 1.54) is 18.3 Å². The molecule has 0 atom stereocenters. The highest BCUT2D eigenvalue weighted by atomic mass is 19.4. The molecule has 0 spiro atoms. The third kappa shape index (κ3) is 4.35. The number of halogens is 3. The highest BCUT2D eigenvalue weighted by molar-refractivity contribution is 5.84. The predicted molar refractivity (Wildman–Crippen MR) is 101 cm³/mol. The topological polar surface area (TPSA) is 102 Å².